The molecule has 1 unspecified atom stereocenters. The van der Waals surface area contributed by atoms with Gasteiger partial charge in [0.25, 0.3) is 0 Å². The first-order valence-electron chi connectivity index (χ1n) is 5.76. The van der Waals surface area contributed by atoms with Crippen LogP contribution in [0.3, 0.4) is 0 Å². The number of carboxylic acids is 2. The van der Waals surface area contributed by atoms with E-state index in [0.29, 0.717) is 11.5 Å². The molecule has 6 nitrogen and oxygen atoms in total. The van der Waals surface area contributed by atoms with Crippen molar-refractivity contribution in [1.82, 2.24) is 0 Å². The summed E-state index contributed by atoms with van der Waals surface area (Å²) in [5.41, 5.74) is -0.247. The first-order chi connectivity index (χ1) is 9.58. The average molecular weight is 474 g/mol. The van der Waals surface area contributed by atoms with E-state index in [2.05, 4.69) is 57.4 Å². The van der Waals surface area contributed by atoms with Gasteiger partial charge in [-0.25, -0.2) is 0 Å². The molecular weight excluding hydrogens is 452 g/mol. The first-order valence-corrected chi connectivity index (χ1v) is 8.59. The molecule has 0 bridgehead atoms. The van der Waals surface area contributed by atoms with Crippen LogP contribution in [0.4, 0.5) is 0 Å². The summed E-state index contributed by atoms with van der Waals surface area (Å²) in [6, 6.07) is 0. The van der Waals surface area contributed by atoms with Crippen LogP contribution >= 0.6 is 57.4 Å². The molecule has 128 valence electrons. The predicted octanol–water partition coefficient (Wildman–Crippen LogP) is 2.83. The Morgan fingerprint density at radius 1 is 1.14 bits per heavy atom. The summed E-state index contributed by atoms with van der Waals surface area (Å²) < 4.78 is 4.78. The van der Waals surface area contributed by atoms with E-state index in [4.69, 9.17) is 19.1 Å². The summed E-state index contributed by atoms with van der Waals surface area (Å²) in [5.74, 6) is -0.722. The lowest BCUT2D eigenvalue weighted by Gasteiger charge is -2.24. The van der Waals surface area contributed by atoms with Gasteiger partial charge < -0.3 is 15.3 Å². The number of hydrogen-bond acceptors (Lipinski definition) is 6. The third-order valence-electron chi connectivity index (χ3n) is 1.75. The molecule has 0 spiro atoms. The molecule has 0 aromatic carbocycles. The summed E-state index contributed by atoms with van der Waals surface area (Å²) in [4.78, 5) is 19.1. The van der Waals surface area contributed by atoms with Gasteiger partial charge in [0.1, 0.15) is 5.01 Å². The topological polar surface area (TPSA) is 104 Å². The van der Waals surface area contributed by atoms with E-state index < -0.39 is 11.9 Å². The Morgan fingerprint density at radius 2 is 1.48 bits per heavy atom. The molecule has 0 aromatic rings. The molecule has 10 heteroatoms. The summed E-state index contributed by atoms with van der Waals surface area (Å²) in [7, 11) is 0. The lowest BCUT2D eigenvalue weighted by atomic mass is 9.97. The SMILES string of the molecule is CC(C)(CO)C(Br)OBr.O=C(O)CCS.O=C(O)CCS. The highest BCUT2D eigenvalue weighted by Gasteiger charge is 2.26. The molecule has 0 saturated carbocycles. The normalized spacial score (nSPS) is 11.4. The maximum absolute atomic E-state index is 9.55. The van der Waals surface area contributed by atoms with Crippen molar-refractivity contribution in [1.29, 1.82) is 0 Å². The Bertz CT molecular complexity index is 263. The number of alkyl halides is 1. The zero-order valence-electron chi connectivity index (χ0n) is 11.8. The summed E-state index contributed by atoms with van der Waals surface area (Å²) in [5, 5.41) is 24.3. The van der Waals surface area contributed by atoms with Gasteiger partial charge in [-0.3, -0.25) is 13.4 Å². The van der Waals surface area contributed by atoms with Gasteiger partial charge in [-0.1, -0.05) is 29.8 Å². The number of carbonyl (C=O) groups is 2. The smallest absolute Gasteiger partial charge is 0.304 e. The molecule has 0 fully saturated rings. The number of aliphatic carboxylic acids is 2. The lowest BCUT2D eigenvalue weighted by molar-refractivity contribution is -0.137. The minimum Gasteiger partial charge on any atom is -0.481 e. The van der Waals surface area contributed by atoms with Gasteiger partial charge in [-0.2, -0.15) is 25.3 Å². The number of rotatable bonds is 7. The van der Waals surface area contributed by atoms with Crippen LogP contribution in [0.1, 0.15) is 26.7 Å². The van der Waals surface area contributed by atoms with Crippen molar-refractivity contribution in [3.63, 3.8) is 0 Å². The molecule has 0 saturated heterocycles. The second-order valence-electron chi connectivity index (χ2n) is 4.29. The van der Waals surface area contributed by atoms with Crippen LogP contribution in [-0.2, 0) is 13.4 Å². The number of aliphatic hydroxyl groups excluding tert-OH is 1. The zero-order chi connectivity index (χ0) is 17.5. The molecule has 1 atom stereocenters. The van der Waals surface area contributed by atoms with Crippen LogP contribution in [0, 0.1) is 5.41 Å². The molecular formula is C11H22Br2O6S2. The van der Waals surface area contributed by atoms with E-state index in [1.165, 1.54) is 0 Å². The average Bonchev–Trinajstić information content (AvgIpc) is 2.38. The number of carboxylic acid groups (broad SMARTS) is 2. The highest BCUT2D eigenvalue weighted by atomic mass is 79.9. The van der Waals surface area contributed by atoms with E-state index in [9.17, 15) is 9.59 Å². The minimum absolute atomic E-state index is 0.0918. The molecule has 21 heavy (non-hydrogen) atoms. The third kappa shape index (κ3) is 22.9. The van der Waals surface area contributed by atoms with Crippen LogP contribution in [0.5, 0.6) is 0 Å². The fourth-order valence-corrected chi connectivity index (χ4v) is 1.42. The molecule has 0 radical (unpaired) electrons. The van der Waals surface area contributed by atoms with Gasteiger partial charge in [0.2, 0.25) is 0 Å². The number of halogens is 2. The quantitative estimate of drug-likeness (QED) is 0.287. The largest absolute Gasteiger partial charge is 0.481 e. The summed E-state index contributed by atoms with van der Waals surface area (Å²) >= 11 is 13.4. The lowest BCUT2D eigenvalue weighted by Crippen LogP contribution is -2.28. The van der Waals surface area contributed by atoms with Crippen LogP contribution in [0.2, 0.25) is 0 Å². The van der Waals surface area contributed by atoms with Gasteiger partial charge in [-0.15, -0.1) is 0 Å². The van der Waals surface area contributed by atoms with Crippen molar-refractivity contribution in [2.75, 3.05) is 18.1 Å². The van der Waals surface area contributed by atoms with Crippen LogP contribution in [0.25, 0.3) is 0 Å². The molecule has 0 rings (SSSR count). The van der Waals surface area contributed by atoms with Gasteiger partial charge in [0, 0.05) is 16.9 Å². The first kappa shape index (κ1) is 26.4. The fourth-order valence-electron chi connectivity index (χ4n) is 0.384. The Balaban J connectivity index is -0.000000240. The van der Waals surface area contributed by atoms with Gasteiger partial charge in [-0.05, 0) is 0 Å². The molecule has 0 amide bonds. The van der Waals surface area contributed by atoms with Crippen LogP contribution < -0.4 is 0 Å². The Morgan fingerprint density at radius 3 is 1.52 bits per heavy atom. The minimum atomic E-state index is -0.787. The van der Waals surface area contributed by atoms with E-state index >= 15 is 0 Å². The predicted molar refractivity (Wildman–Crippen MR) is 95.8 cm³/mol. The molecule has 0 heterocycles. The van der Waals surface area contributed by atoms with Crippen molar-refractivity contribution < 1.29 is 28.7 Å². The molecule has 3 N–H and O–H groups in total. The monoisotopic (exact) mass is 472 g/mol. The van der Waals surface area contributed by atoms with E-state index in [1.54, 1.807) is 0 Å². The van der Waals surface area contributed by atoms with Gasteiger partial charge in [0.05, 0.1) is 35.7 Å². The van der Waals surface area contributed by atoms with Crippen LogP contribution in [0.15, 0.2) is 0 Å². The maximum Gasteiger partial charge on any atom is 0.304 e. The van der Waals surface area contributed by atoms with Crippen LogP contribution in [-0.4, -0.2) is 50.4 Å². The molecule has 0 aliphatic rings. The third-order valence-corrected chi connectivity index (χ3v) is 4.50. The molecule has 0 aromatic heterocycles. The number of hydrogen-bond donors (Lipinski definition) is 5. The maximum atomic E-state index is 9.55. The van der Waals surface area contributed by atoms with Crippen molar-refractivity contribution in [2.24, 2.45) is 5.41 Å². The van der Waals surface area contributed by atoms with Crippen molar-refractivity contribution in [3.8, 4) is 0 Å². The molecule has 0 aliphatic heterocycles. The summed E-state index contributed by atoms with van der Waals surface area (Å²) in [6.45, 7) is 3.88. The second kappa shape index (κ2) is 16.9. The fraction of sp³-hybridized carbons (Fsp3) is 0.818. The van der Waals surface area contributed by atoms with E-state index in [0.717, 1.165) is 0 Å². The Labute approximate surface area is 153 Å². The molecule has 0 aliphatic carbocycles. The van der Waals surface area contributed by atoms with Gasteiger partial charge in [0.15, 0.2) is 0 Å². The Hall–Kier alpha value is 0.520. The van der Waals surface area contributed by atoms with E-state index in [1.807, 2.05) is 13.8 Å². The van der Waals surface area contributed by atoms with Crippen molar-refractivity contribution in [3.05, 3.63) is 0 Å². The standard InChI is InChI=1S/C5H10Br2O2.2C3H6O2S/c1-5(2,3-8)4(6)9-7;2*4-3(5)1-2-6/h4,8H,3H2,1-2H3;2*6H,1-2H2,(H,4,5). The highest BCUT2D eigenvalue weighted by Crippen LogP contribution is 2.28. The summed E-state index contributed by atoms with van der Waals surface area (Å²) in [6.07, 6.45) is 0.312. The highest BCUT2D eigenvalue weighted by molar-refractivity contribution is 9.10. The van der Waals surface area contributed by atoms with Gasteiger partial charge >= 0.3 is 11.9 Å². The van der Waals surface area contributed by atoms with Crippen molar-refractivity contribution in [2.45, 2.75) is 31.7 Å². The van der Waals surface area contributed by atoms with E-state index in [-0.39, 0.29) is 29.9 Å². The Kier molecular flexibility index (Phi) is 21.2. The number of thiol groups is 2. The zero-order valence-corrected chi connectivity index (χ0v) is 16.8. The number of aliphatic hydroxyl groups is 1. The van der Waals surface area contributed by atoms with Crippen molar-refractivity contribution >= 4 is 69.4 Å². The second-order valence-corrected chi connectivity index (χ2v) is 6.39.